The average molecular weight is 346 g/mol. The fourth-order valence-corrected chi connectivity index (χ4v) is 4.09. The Morgan fingerprint density at radius 3 is 2.88 bits per heavy atom. The molecule has 2 amide bonds. The second-order valence-electron chi connectivity index (χ2n) is 6.29. The third kappa shape index (κ3) is 3.21. The molecule has 1 saturated heterocycles. The zero-order valence-corrected chi connectivity index (χ0v) is 15.0. The summed E-state index contributed by atoms with van der Waals surface area (Å²) < 4.78 is 1.70. The molecule has 0 aromatic carbocycles. The molecule has 1 N–H and O–H groups in total. The van der Waals surface area contributed by atoms with Crippen molar-refractivity contribution in [2.75, 3.05) is 7.05 Å². The monoisotopic (exact) mass is 346 g/mol. The number of aromatic nitrogens is 2. The molecule has 2 aromatic heterocycles. The van der Waals surface area contributed by atoms with Crippen LogP contribution in [0.4, 0.5) is 0 Å². The van der Waals surface area contributed by atoms with Crippen LogP contribution in [0, 0.1) is 12.8 Å². The molecule has 24 heavy (non-hydrogen) atoms. The molecule has 7 heteroatoms. The summed E-state index contributed by atoms with van der Waals surface area (Å²) in [5.74, 6) is -0.185. The average Bonchev–Trinajstić information content (AvgIpc) is 3.16. The van der Waals surface area contributed by atoms with Crippen LogP contribution < -0.4 is 5.32 Å². The molecule has 1 aliphatic rings. The van der Waals surface area contributed by atoms with Gasteiger partial charge in [0.1, 0.15) is 0 Å². The molecule has 0 saturated carbocycles. The Labute approximate surface area is 145 Å². The van der Waals surface area contributed by atoms with Crippen LogP contribution in [0.2, 0.25) is 0 Å². The Morgan fingerprint density at radius 2 is 2.25 bits per heavy atom. The van der Waals surface area contributed by atoms with Gasteiger partial charge in [-0.1, -0.05) is 0 Å². The Hall–Kier alpha value is -2.15. The molecule has 0 unspecified atom stereocenters. The van der Waals surface area contributed by atoms with Crippen LogP contribution in [0.5, 0.6) is 0 Å². The van der Waals surface area contributed by atoms with Crippen LogP contribution in [0.1, 0.15) is 34.9 Å². The van der Waals surface area contributed by atoms with Gasteiger partial charge in [0.2, 0.25) is 11.8 Å². The number of rotatable bonds is 4. The molecule has 0 radical (unpaired) electrons. The Kier molecular flexibility index (Phi) is 4.71. The normalized spacial score (nSPS) is 21.1. The van der Waals surface area contributed by atoms with Crippen LogP contribution in [0.25, 0.3) is 0 Å². The third-order valence-electron chi connectivity index (χ3n) is 4.66. The summed E-state index contributed by atoms with van der Waals surface area (Å²) in [4.78, 5) is 27.7. The number of thiophene rings is 1. The van der Waals surface area contributed by atoms with Gasteiger partial charge < -0.3 is 10.2 Å². The summed E-state index contributed by atoms with van der Waals surface area (Å²) >= 11 is 1.65. The van der Waals surface area contributed by atoms with Gasteiger partial charge in [0.05, 0.1) is 24.7 Å². The molecule has 0 aliphatic carbocycles. The minimum atomic E-state index is -0.260. The van der Waals surface area contributed by atoms with E-state index in [0.29, 0.717) is 19.4 Å². The van der Waals surface area contributed by atoms with Gasteiger partial charge in [0, 0.05) is 37.2 Å². The number of hydrogen-bond acceptors (Lipinski definition) is 4. The highest BCUT2D eigenvalue weighted by Gasteiger charge is 2.39. The van der Waals surface area contributed by atoms with E-state index < -0.39 is 0 Å². The maximum atomic E-state index is 12.8. The minimum absolute atomic E-state index is 0.00370. The van der Waals surface area contributed by atoms with Crippen molar-refractivity contribution in [3.8, 4) is 0 Å². The predicted molar refractivity (Wildman–Crippen MR) is 92.3 cm³/mol. The quantitative estimate of drug-likeness (QED) is 0.921. The van der Waals surface area contributed by atoms with Crippen molar-refractivity contribution in [2.45, 2.75) is 32.4 Å². The summed E-state index contributed by atoms with van der Waals surface area (Å²) in [6, 6.07) is 1.79. The maximum absolute atomic E-state index is 12.8. The molecular weight excluding hydrogens is 324 g/mol. The van der Waals surface area contributed by atoms with Crippen LogP contribution in [0.3, 0.4) is 0 Å². The van der Waals surface area contributed by atoms with Crippen molar-refractivity contribution < 1.29 is 9.59 Å². The lowest BCUT2D eigenvalue weighted by atomic mass is 9.85. The number of piperidine rings is 1. The van der Waals surface area contributed by atoms with Crippen LogP contribution in [-0.2, 0) is 23.2 Å². The number of nitrogens with one attached hydrogen (secondary N) is 1. The molecule has 0 spiro atoms. The second-order valence-corrected chi connectivity index (χ2v) is 7.29. The van der Waals surface area contributed by atoms with Crippen molar-refractivity contribution in [1.82, 2.24) is 20.0 Å². The first kappa shape index (κ1) is 16.7. The first-order valence-electron chi connectivity index (χ1n) is 8.02. The highest BCUT2D eigenvalue weighted by molar-refractivity contribution is 7.10. The van der Waals surface area contributed by atoms with E-state index in [1.807, 2.05) is 25.5 Å². The highest BCUT2D eigenvalue weighted by Crippen LogP contribution is 2.35. The minimum Gasteiger partial charge on any atom is -0.351 e. The van der Waals surface area contributed by atoms with Crippen LogP contribution in [-0.4, -0.2) is 33.5 Å². The zero-order chi connectivity index (χ0) is 17.3. The summed E-state index contributed by atoms with van der Waals surface area (Å²) in [5.41, 5.74) is 2.10. The van der Waals surface area contributed by atoms with Crippen molar-refractivity contribution in [2.24, 2.45) is 13.0 Å². The Bertz CT molecular complexity index is 751. The number of hydrogen-bond donors (Lipinski definition) is 1. The molecule has 6 nitrogen and oxygen atoms in total. The molecule has 3 rings (SSSR count). The van der Waals surface area contributed by atoms with Crippen molar-refractivity contribution in [3.05, 3.63) is 39.8 Å². The van der Waals surface area contributed by atoms with E-state index in [1.54, 1.807) is 34.2 Å². The lowest BCUT2D eigenvalue weighted by molar-refractivity contribution is -0.141. The van der Waals surface area contributed by atoms with Gasteiger partial charge in [-0.25, -0.2) is 0 Å². The number of amides is 2. The van der Waals surface area contributed by atoms with E-state index in [2.05, 4.69) is 16.5 Å². The van der Waals surface area contributed by atoms with Crippen molar-refractivity contribution in [1.29, 1.82) is 0 Å². The molecule has 2 atom stereocenters. The third-order valence-corrected chi connectivity index (χ3v) is 5.68. The number of carbonyl (C=O) groups excluding carboxylic acids is 2. The van der Waals surface area contributed by atoms with E-state index in [9.17, 15) is 9.59 Å². The van der Waals surface area contributed by atoms with Crippen molar-refractivity contribution >= 4 is 23.2 Å². The number of likely N-dealkylation sites (tertiary alicyclic amines) is 1. The molecule has 0 bridgehead atoms. The van der Waals surface area contributed by atoms with Gasteiger partial charge >= 0.3 is 0 Å². The number of aryl methyl sites for hydroxylation is 2. The molecule has 1 fully saturated rings. The molecule has 3 heterocycles. The predicted octanol–water partition coefficient (Wildman–Crippen LogP) is 2.02. The smallest absolute Gasteiger partial charge is 0.225 e. The van der Waals surface area contributed by atoms with Gasteiger partial charge in [-0.15, -0.1) is 11.3 Å². The summed E-state index contributed by atoms with van der Waals surface area (Å²) in [7, 11) is 3.60. The Balaban J connectivity index is 1.77. The SMILES string of the molecule is Cc1ccsc1CNC(=O)[C@H]1CCC(=O)N(C)[C@@H]1c1cnn(C)c1. The van der Waals surface area contributed by atoms with Crippen LogP contribution in [0.15, 0.2) is 23.8 Å². The fraction of sp³-hybridized carbons (Fsp3) is 0.471. The number of carbonyl (C=O) groups is 2. The van der Waals surface area contributed by atoms with Crippen molar-refractivity contribution in [3.63, 3.8) is 0 Å². The summed E-state index contributed by atoms with van der Waals surface area (Å²) in [6.07, 6.45) is 4.59. The van der Waals surface area contributed by atoms with Gasteiger partial charge in [0.25, 0.3) is 0 Å². The Morgan fingerprint density at radius 1 is 1.46 bits per heavy atom. The van der Waals surface area contributed by atoms with Gasteiger partial charge in [-0.2, -0.15) is 5.10 Å². The molecule has 128 valence electrons. The van der Waals surface area contributed by atoms with Gasteiger partial charge in [0.15, 0.2) is 0 Å². The largest absolute Gasteiger partial charge is 0.351 e. The maximum Gasteiger partial charge on any atom is 0.225 e. The van der Waals surface area contributed by atoms with E-state index in [-0.39, 0.29) is 23.8 Å². The lowest BCUT2D eigenvalue weighted by Gasteiger charge is -2.37. The molecule has 1 aliphatic heterocycles. The highest BCUT2D eigenvalue weighted by atomic mass is 32.1. The number of nitrogens with zero attached hydrogens (tertiary/aromatic N) is 3. The summed E-state index contributed by atoms with van der Waals surface area (Å²) in [5, 5.41) is 9.27. The fourth-order valence-electron chi connectivity index (χ4n) is 3.25. The second kappa shape index (κ2) is 6.76. The first-order chi connectivity index (χ1) is 11.5. The summed E-state index contributed by atoms with van der Waals surface area (Å²) in [6.45, 7) is 2.58. The van der Waals surface area contributed by atoms with Crippen LogP contribution >= 0.6 is 11.3 Å². The first-order valence-corrected chi connectivity index (χ1v) is 8.90. The van der Waals surface area contributed by atoms with E-state index >= 15 is 0 Å². The van der Waals surface area contributed by atoms with Gasteiger partial charge in [-0.3, -0.25) is 14.3 Å². The van der Waals surface area contributed by atoms with E-state index in [4.69, 9.17) is 0 Å². The standard InChI is InChI=1S/C17H22N4O2S/c1-11-6-7-24-14(11)9-18-17(23)13-4-5-15(22)21(3)16(13)12-8-19-20(2)10-12/h6-8,10,13,16H,4-5,9H2,1-3H3,(H,18,23)/t13-,16+/m0/s1. The molecule has 2 aromatic rings. The topological polar surface area (TPSA) is 67.2 Å². The van der Waals surface area contributed by atoms with Gasteiger partial charge in [-0.05, 0) is 30.4 Å². The zero-order valence-electron chi connectivity index (χ0n) is 14.2. The molecular formula is C17H22N4O2S. The van der Waals surface area contributed by atoms with E-state index in [1.165, 1.54) is 10.4 Å². The van der Waals surface area contributed by atoms with E-state index in [0.717, 1.165) is 5.56 Å². The lowest BCUT2D eigenvalue weighted by Crippen LogP contribution is -2.46.